The van der Waals surface area contributed by atoms with Gasteiger partial charge in [0.05, 0.1) is 33.3 Å². The number of ether oxygens (including phenoxy) is 1. The summed E-state index contributed by atoms with van der Waals surface area (Å²) in [6.45, 7) is 11.3. The summed E-state index contributed by atoms with van der Waals surface area (Å²) in [5.74, 6) is 1.46. The fraction of sp³-hybridized carbons (Fsp3) is 0.444. The molecule has 16 nitrogen and oxygen atoms in total. The summed E-state index contributed by atoms with van der Waals surface area (Å²) in [6.07, 6.45) is 2.41. The molecule has 16 heteroatoms. The predicted molar refractivity (Wildman–Crippen MR) is 161 cm³/mol. The molecular weight excluding hydrogens is 560 g/mol. The molecule has 0 atom stereocenters. The van der Waals surface area contributed by atoms with E-state index in [-0.39, 0.29) is 17.5 Å². The first-order chi connectivity index (χ1) is 20.5. The maximum atomic E-state index is 12.1. The minimum atomic E-state index is -0.520. The van der Waals surface area contributed by atoms with Crippen LogP contribution in [0.3, 0.4) is 0 Å². The molecule has 0 unspecified atom stereocenters. The molecule has 0 saturated carbocycles. The van der Waals surface area contributed by atoms with Crippen molar-refractivity contribution < 1.29 is 19.4 Å². The van der Waals surface area contributed by atoms with Crippen LogP contribution in [0.4, 0.5) is 27.8 Å². The van der Waals surface area contributed by atoms with Gasteiger partial charge in [0.1, 0.15) is 17.2 Å². The van der Waals surface area contributed by atoms with Crippen molar-refractivity contribution in [2.75, 3.05) is 62.2 Å². The molecule has 0 aromatic carbocycles. The number of hydrogen-bond donors (Lipinski definition) is 3. The van der Waals surface area contributed by atoms with Crippen molar-refractivity contribution in [3.8, 4) is 0 Å². The Labute approximate surface area is 246 Å². The summed E-state index contributed by atoms with van der Waals surface area (Å²) in [6, 6.07) is 7.34. The highest BCUT2D eigenvalue weighted by molar-refractivity contribution is 5.87. The molecule has 1 amide bonds. The van der Waals surface area contributed by atoms with Gasteiger partial charge in [-0.3, -0.25) is 20.2 Å². The first-order valence-corrected chi connectivity index (χ1v) is 13.9. The van der Waals surface area contributed by atoms with Gasteiger partial charge in [0.2, 0.25) is 0 Å². The number of aromatic amines is 2. The quantitative estimate of drug-likeness (QED) is 0.232. The van der Waals surface area contributed by atoms with E-state index in [0.29, 0.717) is 54.1 Å². The smallest absolute Gasteiger partial charge is 0.410 e. The van der Waals surface area contributed by atoms with E-state index in [9.17, 15) is 25.0 Å². The average molecular weight is 595 g/mol. The molecule has 6 rings (SSSR count). The zero-order chi connectivity index (χ0) is 30.7. The maximum absolute atomic E-state index is 12.1. The number of carbonyl (C=O) groups is 1. The number of anilines is 2. The van der Waals surface area contributed by atoms with Gasteiger partial charge in [0, 0.05) is 52.4 Å². The third-order valence-corrected chi connectivity index (χ3v) is 7.06. The Morgan fingerprint density at radius 1 is 0.791 bits per heavy atom. The number of carbonyl (C=O) groups excluding carboxylic acids is 1. The van der Waals surface area contributed by atoms with E-state index in [2.05, 4.69) is 30.2 Å². The number of pyridine rings is 2. The van der Waals surface area contributed by atoms with Crippen molar-refractivity contribution in [3.05, 3.63) is 56.9 Å². The number of nitrogens with zero attached hydrogens (tertiary/aromatic N) is 7. The lowest BCUT2D eigenvalue weighted by atomic mass is 10.2. The number of rotatable bonds is 4. The Kier molecular flexibility index (Phi) is 8.29. The predicted octanol–water partition coefficient (Wildman–Crippen LogP) is 3.41. The highest BCUT2D eigenvalue weighted by Gasteiger charge is 2.27. The largest absolute Gasteiger partial charge is 0.444 e. The fourth-order valence-corrected chi connectivity index (χ4v) is 4.92. The van der Waals surface area contributed by atoms with E-state index in [4.69, 9.17) is 4.74 Å². The lowest BCUT2D eigenvalue weighted by Crippen LogP contribution is -2.50. The number of H-pyrrole nitrogens is 2. The van der Waals surface area contributed by atoms with Gasteiger partial charge >= 0.3 is 17.5 Å². The molecular formula is C27H34N10O6. The number of piperazine rings is 2. The van der Waals surface area contributed by atoms with E-state index in [0.717, 1.165) is 32.0 Å². The molecule has 6 heterocycles. The molecule has 2 fully saturated rings. The Hall–Kier alpha value is -4.99. The molecule has 0 bridgehead atoms. The summed E-state index contributed by atoms with van der Waals surface area (Å²) in [5, 5.41) is 25.2. The van der Waals surface area contributed by atoms with Crippen LogP contribution < -0.4 is 15.1 Å². The van der Waals surface area contributed by atoms with Gasteiger partial charge in [0.15, 0.2) is 11.0 Å². The van der Waals surface area contributed by atoms with Crippen LogP contribution in [0.25, 0.3) is 22.1 Å². The molecule has 228 valence electrons. The van der Waals surface area contributed by atoms with Gasteiger partial charge in [-0.05, 0) is 45.0 Å². The van der Waals surface area contributed by atoms with Crippen molar-refractivity contribution in [1.29, 1.82) is 0 Å². The molecule has 3 N–H and O–H groups in total. The van der Waals surface area contributed by atoms with Crippen molar-refractivity contribution >= 4 is 51.2 Å². The first kappa shape index (κ1) is 29.5. The van der Waals surface area contributed by atoms with Crippen LogP contribution in [0, 0.1) is 20.2 Å². The summed E-state index contributed by atoms with van der Waals surface area (Å²) in [4.78, 5) is 53.6. The topological polar surface area (TPSA) is 192 Å². The Balaban J connectivity index is 0.000000180. The zero-order valence-electron chi connectivity index (χ0n) is 24.2. The molecule has 4 aromatic heterocycles. The van der Waals surface area contributed by atoms with Crippen molar-refractivity contribution in [2.45, 2.75) is 26.4 Å². The first-order valence-electron chi connectivity index (χ1n) is 13.9. The fourth-order valence-electron chi connectivity index (χ4n) is 4.92. The summed E-state index contributed by atoms with van der Waals surface area (Å²) in [7, 11) is 0. The maximum Gasteiger partial charge on any atom is 0.410 e. The number of nitro groups is 2. The molecule has 4 aromatic rings. The monoisotopic (exact) mass is 594 g/mol. The van der Waals surface area contributed by atoms with E-state index in [1.54, 1.807) is 11.0 Å². The second-order valence-corrected chi connectivity index (χ2v) is 11.2. The van der Waals surface area contributed by atoms with Gasteiger partial charge in [-0.15, -0.1) is 0 Å². The normalized spacial score (nSPS) is 15.7. The lowest BCUT2D eigenvalue weighted by molar-refractivity contribution is -0.383. The third-order valence-electron chi connectivity index (χ3n) is 7.06. The van der Waals surface area contributed by atoms with Crippen LogP contribution in [-0.4, -0.2) is 98.7 Å². The Bertz CT molecular complexity index is 1630. The number of aromatic nitrogens is 4. The Morgan fingerprint density at radius 2 is 1.26 bits per heavy atom. The molecule has 2 saturated heterocycles. The molecule has 2 aliphatic rings. The highest BCUT2D eigenvalue weighted by Crippen LogP contribution is 2.27. The molecule has 43 heavy (non-hydrogen) atoms. The second kappa shape index (κ2) is 12.1. The second-order valence-electron chi connectivity index (χ2n) is 11.2. The summed E-state index contributed by atoms with van der Waals surface area (Å²) < 4.78 is 5.38. The van der Waals surface area contributed by atoms with Crippen LogP contribution in [0.2, 0.25) is 0 Å². The van der Waals surface area contributed by atoms with Crippen LogP contribution in [0.1, 0.15) is 20.8 Å². The number of amides is 1. The van der Waals surface area contributed by atoms with E-state index < -0.39 is 15.4 Å². The van der Waals surface area contributed by atoms with E-state index >= 15 is 0 Å². The van der Waals surface area contributed by atoms with Crippen molar-refractivity contribution in [3.63, 3.8) is 0 Å². The summed E-state index contributed by atoms with van der Waals surface area (Å²) in [5.41, 5.74) is 1.57. The molecule has 0 spiro atoms. The zero-order valence-corrected chi connectivity index (χ0v) is 24.2. The van der Waals surface area contributed by atoms with Gasteiger partial charge < -0.3 is 34.7 Å². The minimum absolute atomic E-state index is 0.0296. The minimum Gasteiger partial charge on any atom is -0.444 e. The Morgan fingerprint density at radius 3 is 1.70 bits per heavy atom. The van der Waals surface area contributed by atoms with E-state index in [1.165, 1.54) is 12.4 Å². The standard InChI is InChI=1S/C16H21N5O4.C11H13N5O2/c1-16(2,3)25-15(22)20-8-6-19(7-9-20)13-5-4-11-14(18-13)12(10-17-11)21(23)24;17-16(18)9-7-13-8-1-2-10(14-11(8)9)15-5-3-12-4-6-15/h4-5,10,17H,6-9H2,1-3H3;1-2,7,12-13H,3-6H2. The average Bonchev–Trinajstić information content (AvgIpc) is 3.61. The van der Waals surface area contributed by atoms with Gasteiger partial charge in [-0.1, -0.05) is 0 Å². The number of nitrogens with one attached hydrogen (secondary N) is 3. The SMILES string of the molecule is CC(C)(C)OC(=O)N1CCN(c2ccc3[nH]cc([N+](=O)[O-])c3n2)CC1.O=[N+]([O-])c1c[nH]c2ccc(N3CCNCC3)nc12. The van der Waals surface area contributed by atoms with Crippen molar-refractivity contribution in [1.82, 2.24) is 30.2 Å². The summed E-state index contributed by atoms with van der Waals surface area (Å²) >= 11 is 0. The molecule has 0 aliphatic carbocycles. The van der Waals surface area contributed by atoms with Crippen molar-refractivity contribution in [2.24, 2.45) is 0 Å². The number of hydrogen-bond acceptors (Lipinski definition) is 11. The van der Waals surface area contributed by atoms with Gasteiger partial charge in [-0.2, -0.15) is 0 Å². The van der Waals surface area contributed by atoms with Crippen LogP contribution in [-0.2, 0) is 4.74 Å². The van der Waals surface area contributed by atoms with Gasteiger partial charge in [-0.25, -0.2) is 14.8 Å². The van der Waals surface area contributed by atoms with Crippen LogP contribution >= 0.6 is 0 Å². The van der Waals surface area contributed by atoms with Crippen LogP contribution in [0.15, 0.2) is 36.7 Å². The molecule has 0 radical (unpaired) electrons. The lowest BCUT2D eigenvalue weighted by Gasteiger charge is -2.36. The number of fused-ring (bicyclic) bond motifs is 2. The third kappa shape index (κ3) is 6.74. The highest BCUT2D eigenvalue weighted by atomic mass is 16.6. The molecule has 2 aliphatic heterocycles. The van der Waals surface area contributed by atoms with E-state index in [1.807, 2.05) is 43.9 Å². The van der Waals surface area contributed by atoms with Crippen LogP contribution in [0.5, 0.6) is 0 Å². The van der Waals surface area contributed by atoms with Gasteiger partial charge in [0.25, 0.3) is 0 Å².